The van der Waals surface area contributed by atoms with Crippen LogP contribution < -0.4 is 11.1 Å². The molecule has 4 heterocycles. The number of hydrogen-bond donors (Lipinski definition) is 2. The quantitative estimate of drug-likeness (QED) is 0.271. The number of imidazole rings is 1. The molecule has 3 N–H and O–H groups in total. The summed E-state index contributed by atoms with van der Waals surface area (Å²) >= 11 is 0. The Hall–Kier alpha value is -4.02. The van der Waals surface area contributed by atoms with E-state index in [9.17, 15) is 0 Å². The summed E-state index contributed by atoms with van der Waals surface area (Å²) in [6, 6.07) is 2.27. The van der Waals surface area contributed by atoms with Crippen LogP contribution in [-0.4, -0.2) is 52.8 Å². The molecule has 0 aliphatic rings. The van der Waals surface area contributed by atoms with Crippen molar-refractivity contribution in [2.45, 2.75) is 74.3 Å². The molecule has 11 heteroatoms. The number of rotatable bonds is 5. The molecule has 11 nitrogen and oxygen atoms in total. The topological polar surface area (TPSA) is 129 Å². The zero-order valence-corrected chi connectivity index (χ0v) is 24.5. The summed E-state index contributed by atoms with van der Waals surface area (Å²) < 4.78 is 5.56. The third kappa shape index (κ3) is 6.84. The van der Waals surface area contributed by atoms with Gasteiger partial charge in [0.05, 0.1) is 5.69 Å². The smallest absolute Gasteiger partial charge is 0.218 e. The molecule has 0 amide bonds. The molecule has 0 spiro atoms. The number of hydrogen-bond acceptors (Lipinski definition) is 6. The Morgan fingerprint density at radius 1 is 1.13 bits per heavy atom. The predicted octanol–water partition coefficient (Wildman–Crippen LogP) is 5.30. The lowest BCUT2D eigenvalue weighted by molar-refractivity contribution is 0.534. The minimum Gasteiger partial charge on any atom is -0.369 e. The van der Waals surface area contributed by atoms with Crippen LogP contribution in [0.15, 0.2) is 40.8 Å². The summed E-state index contributed by atoms with van der Waals surface area (Å²) in [5.41, 5.74) is 9.72. The molecule has 0 radical (unpaired) electrons. The molecule has 0 saturated carbocycles. The van der Waals surface area contributed by atoms with Gasteiger partial charge >= 0.3 is 0 Å². The fourth-order valence-electron chi connectivity index (χ4n) is 3.58. The van der Waals surface area contributed by atoms with Crippen LogP contribution >= 0.6 is 0 Å². The predicted molar refractivity (Wildman–Crippen MR) is 157 cm³/mol. The molecule has 4 aromatic rings. The lowest BCUT2D eigenvalue weighted by Gasteiger charge is -2.08. The van der Waals surface area contributed by atoms with Gasteiger partial charge in [-0.15, -0.1) is 5.10 Å². The van der Waals surface area contributed by atoms with Gasteiger partial charge < -0.3 is 15.6 Å². The summed E-state index contributed by atoms with van der Waals surface area (Å²) in [5, 5.41) is 12.5. The van der Waals surface area contributed by atoms with Crippen molar-refractivity contribution in [2.75, 3.05) is 7.05 Å². The lowest BCUT2D eigenvalue weighted by atomic mass is 10.1. The van der Waals surface area contributed by atoms with Gasteiger partial charge in [-0.25, -0.2) is 14.5 Å². The fraction of sp³-hybridized carbons (Fsp3) is 0.481. The maximum absolute atomic E-state index is 6.20. The van der Waals surface area contributed by atoms with Gasteiger partial charge in [0.1, 0.15) is 11.4 Å². The second-order valence-corrected chi connectivity index (χ2v) is 8.71. The van der Waals surface area contributed by atoms with E-state index in [2.05, 4.69) is 48.0 Å². The second kappa shape index (κ2) is 14.1. The van der Waals surface area contributed by atoms with Gasteiger partial charge in [-0.3, -0.25) is 9.67 Å². The summed E-state index contributed by atoms with van der Waals surface area (Å²) in [4.78, 5) is 17.9. The van der Waals surface area contributed by atoms with E-state index < -0.39 is 0 Å². The van der Waals surface area contributed by atoms with Crippen LogP contribution in [0.5, 0.6) is 0 Å². The molecule has 38 heavy (non-hydrogen) atoms. The Morgan fingerprint density at radius 2 is 1.82 bits per heavy atom. The Morgan fingerprint density at radius 3 is 2.34 bits per heavy atom. The Bertz CT molecular complexity index is 1370. The van der Waals surface area contributed by atoms with E-state index >= 15 is 0 Å². The highest BCUT2D eigenvalue weighted by molar-refractivity contribution is 6.00. The molecule has 0 atom stereocenters. The molecule has 0 aliphatic carbocycles. The molecule has 0 aromatic carbocycles. The molecule has 206 valence electrons. The van der Waals surface area contributed by atoms with Crippen LogP contribution in [-0.2, 0) is 7.05 Å². The van der Waals surface area contributed by atoms with Crippen LogP contribution in [0.25, 0.3) is 28.4 Å². The molecule has 0 fully saturated rings. The number of nitrogens with zero attached hydrogens (tertiary/aromatic N) is 9. The first-order chi connectivity index (χ1) is 18.2. The molecule has 0 aliphatic heterocycles. The van der Waals surface area contributed by atoms with Crippen molar-refractivity contribution in [1.82, 2.24) is 39.2 Å². The van der Waals surface area contributed by atoms with Gasteiger partial charge in [0.2, 0.25) is 11.8 Å². The van der Waals surface area contributed by atoms with Gasteiger partial charge in [-0.2, -0.15) is 10.1 Å². The fourth-order valence-corrected chi connectivity index (χ4v) is 3.58. The van der Waals surface area contributed by atoms with Gasteiger partial charge in [0.25, 0.3) is 0 Å². The van der Waals surface area contributed by atoms with Crippen molar-refractivity contribution < 1.29 is 0 Å². The zero-order valence-electron chi connectivity index (χ0n) is 24.5. The van der Waals surface area contributed by atoms with Crippen molar-refractivity contribution >= 4 is 23.1 Å². The first-order valence-electron chi connectivity index (χ1n) is 13.2. The number of aryl methyl sites for hydroxylation is 2. The van der Waals surface area contributed by atoms with Crippen LogP contribution in [0.1, 0.15) is 72.9 Å². The van der Waals surface area contributed by atoms with E-state index in [0.29, 0.717) is 23.9 Å². The summed E-state index contributed by atoms with van der Waals surface area (Å²) in [7, 11) is 3.60. The standard InChI is InChI=1S/C22H29N11.C3H8.C2H6/c1-7-17(24-5)26-22(23)28-19-18-14(4)15(16-8-10-32(29-16)13(2)3)12-33(18)30-20(27-19)21-25-9-11-31(21)6;1-3-2;1-2/h8-13H,7H2,1-6H3,(H3,23,24,26,27,28,30);3H2,1-2H3;1-2H3. The highest BCUT2D eigenvalue weighted by Crippen LogP contribution is 2.32. The van der Waals surface area contributed by atoms with Gasteiger partial charge in [-0.1, -0.05) is 41.0 Å². The van der Waals surface area contributed by atoms with E-state index in [4.69, 9.17) is 20.9 Å². The maximum atomic E-state index is 6.20. The monoisotopic (exact) mass is 521 g/mol. The molecule has 0 saturated heterocycles. The van der Waals surface area contributed by atoms with Crippen LogP contribution in [0.4, 0.5) is 5.82 Å². The second-order valence-electron chi connectivity index (χ2n) is 8.71. The SMILES string of the molecule is CC.CCC.CCC(=NC)NC(N)=Nc1nc(-c2nccn2C)nn2cc(-c3ccn(C(C)C)n3)c(C)c12. The van der Waals surface area contributed by atoms with Crippen molar-refractivity contribution in [2.24, 2.45) is 22.8 Å². The summed E-state index contributed by atoms with van der Waals surface area (Å²) in [6.07, 6.45) is 9.43. The Kier molecular flexibility index (Phi) is 11.2. The van der Waals surface area contributed by atoms with E-state index in [1.807, 2.05) is 68.6 Å². The number of nitrogens with one attached hydrogen (secondary N) is 1. The number of nitrogens with two attached hydrogens (primary N) is 1. The third-order valence-electron chi connectivity index (χ3n) is 5.40. The Balaban J connectivity index is 0.000000947. The zero-order chi connectivity index (χ0) is 28.4. The normalized spacial score (nSPS) is 11.8. The first-order valence-corrected chi connectivity index (χ1v) is 13.2. The molecule has 0 unspecified atom stereocenters. The lowest BCUT2D eigenvalue weighted by Crippen LogP contribution is -2.36. The largest absolute Gasteiger partial charge is 0.369 e. The van der Waals surface area contributed by atoms with Crippen molar-refractivity contribution in [3.05, 3.63) is 36.4 Å². The maximum Gasteiger partial charge on any atom is 0.218 e. The molecule has 4 rings (SSSR count). The average Bonchev–Trinajstić information content (AvgIpc) is 3.63. The van der Waals surface area contributed by atoms with E-state index in [0.717, 1.165) is 28.2 Å². The van der Waals surface area contributed by atoms with Crippen LogP contribution in [0.3, 0.4) is 0 Å². The average molecular weight is 522 g/mol. The molecular weight excluding hydrogens is 478 g/mol. The number of aliphatic imine (C=N–C) groups is 2. The number of aromatic nitrogens is 7. The van der Waals surface area contributed by atoms with E-state index in [-0.39, 0.29) is 12.0 Å². The highest BCUT2D eigenvalue weighted by Gasteiger charge is 2.20. The van der Waals surface area contributed by atoms with Crippen molar-refractivity contribution in [3.8, 4) is 22.9 Å². The molecule has 4 aromatic heterocycles. The van der Waals surface area contributed by atoms with Gasteiger partial charge in [-0.05, 0) is 32.4 Å². The van der Waals surface area contributed by atoms with E-state index in [1.165, 1.54) is 6.42 Å². The van der Waals surface area contributed by atoms with Crippen molar-refractivity contribution in [1.29, 1.82) is 0 Å². The van der Waals surface area contributed by atoms with Gasteiger partial charge in [0.15, 0.2) is 11.6 Å². The molecule has 0 bridgehead atoms. The summed E-state index contributed by atoms with van der Waals surface area (Å²) in [5.74, 6) is 2.44. The minimum atomic E-state index is 0.204. The molecular formula is C27H43N11. The minimum absolute atomic E-state index is 0.204. The van der Waals surface area contributed by atoms with Crippen molar-refractivity contribution in [3.63, 3.8) is 0 Å². The summed E-state index contributed by atoms with van der Waals surface area (Å²) in [6.45, 7) is 16.4. The first kappa shape index (κ1) is 30.2. The Labute approximate surface area is 225 Å². The van der Waals surface area contributed by atoms with Gasteiger partial charge in [0, 0.05) is 56.9 Å². The van der Waals surface area contributed by atoms with Crippen LogP contribution in [0.2, 0.25) is 0 Å². The number of fused-ring (bicyclic) bond motifs is 1. The number of guanidine groups is 1. The van der Waals surface area contributed by atoms with E-state index in [1.54, 1.807) is 17.8 Å². The number of amidine groups is 1. The third-order valence-corrected chi connectivity index (χ3v) is 5.40. The highest BCUT2D eigenvalue weighted by atomic mass is 15.3. The van der Waals surface area contributed by atoms with Crippen LogP contribution in [0, 0.1) is 6.92 Å².